The minimum Gasteiger partial charge on any atom is -0.452 e. The molecule has 0 radical (unpaired) electrons. The minimum atomic E-state index is -3.94. The Labute approximate surface area is 194 Å². The minimum absolute atomic E-state index is 0.0938. The molecule has 0 unspecified atom stereocenters. The second kappa shape index (κ2) is 10.2. The number of carbonyl (C=O) groups is 2. The highest BCUT2D eigenvalue weighted by Gasteiger charge is 2.35. The number of nitrogens with zero attached hydrogens (tertiary/aromatic N) is 3. The predicted molar refractivity (Wildman–Crippen MR) is 120 cm³/mol. The highest BCUT2D eigenvalue weighted by atomic mass is 32.2. The fourth-order valence-electron chi connectivity index (χ4n) is 4.26. The van der Waals surface area contributed by atoms with Crippen LogP contribution in [0.1, 0.15) is 45.1 Å². The molecule has 182 valence electrons. The van der Waals surface area contributed by atoms with Gasteiger partial charge in [0.2, 0.25) is 10.0 Å². The Bertz CT molecular complexity index is 1010. The Balaban J connectivity index is 1.58. The Hall–Kier alpha value is -2.53. The molecule has 0 aromatic heterocycles. The number of esters is 1. The summed E-state index contributed by atoms with van der Waals surface area (Å²) in [4.78, 5) is 37.2. The number of piperidine rings is 2. The van der Waals surface area contributed by atoms with Crippen LogP contribution in [0.3, 0.4) is 0 Å². The molecule has 33 heavy (non-hydrogen) atoms. The van der Waals surface area contributed by atoms with Gasteiger partial charge in [0.25, 0.3) is 11.6 Å². The first-order chi connectivity index (χ1) is 15.5. The largest absolute Gasteiger partial charge is 0.452 e. The molecule has 2 aliphatic rings. The first kappa shape index (κ1) is 25.1. The first-order valence-corrected chi connectivity index (χ1v) is 12.7. The fourth-order valence-corrected chi connectivity index (χ4v) is 5.97. The van der Waals surface area contributed by atoms with Crippen LogP contribution in [0.15, 0.2) is 23.1 Å². The Morgan fingerprint density at radius 1 is 1.12 bits per heavy atom. The number of ether oxygens (including phenoxy) is 1. The molecule has 2 fully saturated rings. The van der Waals surface area contributed by atoms with Crippen LogP contribution in [0.2, 0.25) is 0 Å². The third-order valence-corrected chi connectivity index (χ3v) is 8.56. The Morgan fingerprint density at radius 2 is 1.73 bits per heavy atom. The van der Waals surface area contributed by atoms with Crippen LogP contribution >= 0.6 is 0 Å². The fraction of sp³-hybridized carbons (Fsp3) is 0.636. The third-order valence-electron chi connectivity index (χ3n) is 6.52. The first-order valence-electron chi connectivity index (χ1n) is 11.2. The van der Waals surface area contributed by atoms with Gasteiger partial charge in [-0.15, -0.1) is 0 Å². The monoisotopic (exact) mass is 481 g/mol. The van der Waals surface area contributed by atoms with E-state index in [4.69, 9.17) is 4.74 Å². The summed E-state index contributed by atoms with van der Waals surface area (Å²) in [6, 6.07) is 3.75. The molecular weight excluding hydrogens is 450 g/mol. The molecule has 1 aromatic rings. The molecule has 11 heteroatoms. The summed E-state index contributed by atoms with van der Waals surface area (Å²) in [7, 11) is -3.94. The van der Waals surface area contributed by atoms with Gasteiger partial charge in [-0.25, -0.2) is 8.42 Å². The number of hydrogen-bond acceptors (Lipinski definition) is 7. The summed E-state index contributed by atoms with van der Waals surface area (Å²) < 4.78 is 32.8. The van der Waals surface area contributed by atoms with Crippen LogP contribution in [0, 0.1) is 28.9 Å². The molecule has 0 spiro atoms. The van der Waals surface area contributed by atoms with Crippen molar-refractivity contribution in [1.29, 1.82) is 0 Å². The number of amides is 1. The molecular formula is C22H31N3O7S. The van der Waals surface area contributed by atoms with Crippen molar-refractivity contribution in [2.24, 2.45) is 11.8 Å². The number of aryl methyl sites for hydroxylation is 1. The van der Waals surface area contributed by atoms with E-state index < -0.39 is 32.9 Å². The summed E-state index contributed by atoms with van der Waals surface area (Å²) in [5.74, 6) is -0.611. The summed E-state index contributed by atoms with van der Waals surface area (Å²) >= 11 is 0. The molecule has 3 rings (SSSR count). The summed E-state index contributed by atoms with van der Waals surface area (Å²) in [5, 5.41) is 11.1. The lowest BCUT2D eigenvalue weighted by atomic mass is 9.98. The average molecular weight is 482 g/mol. The number of carbonyl (C=O) groups excluding carboxylic acids is 2. The number of hydrogen-bond donors (Lipinski definition) is 0. The zero-order chi connectivity index (χ0) is 24.3. The zero-order valence-corrected chi connectivity index (χ0v) is 20.0. The standard InChI is InChI=1S/C22H31N3O7S/c1-15-6-10-23(11-7-15)21(26)17(3)32-22(27)18-8-12-24(13-9-18)33(30,31)20-14-19(25(28)29)5-4-16(20)2/h4-5,14-15,17-18H,6-13H2,1-3H3/t17-/m0/s1. The third kappa shape index (κ3) is 5.70. The van der Waals surface area contributed by atoms with E-state index in [9.17, 15) is 28.1 Å². The van der Waals surface area contributed by atoms with Crippen LogP contribution in [0.5, 0.6) is 0 Å². The van der Waals surface area contributed by atoms with Crippen molar-refractivity contribution in [3.05, 3.63) is 33.9 Å². The van der Waals surface area contributed by atoms with Gasteiger partial charge in [0.15, 0.2) is 6.10 Å². The summed E-state index contributed by atoms with van der Waals surface area (Å²) in [6.45, 7) is 6.82. The smallest absolute Gasteiger partial charge is 0.309 e. The van der Waals surface area contributed by atoms with Crippen molar-refractivity contribution < 1.29 is 27.7 Å². The van der Waals surface area contributed by atoms with Gasteiger partial charge < -0.3 is 9.64 Å². The molecule has 0 N–H and O–H groups in total. The lowest BCUT2D eigenvalue weighted by Crippen LogP contribution is -2.45. The average Bonchev–Trinajstić information content (AvgIpc) is 2.79. The quantitative estimate of drug-likeness (QED) is 0.347. The van der Waals surface area contributed by atoms with E-state index >= 15 is 0 Å². The number of benzene rings is 1. The van der Waals surface area contributed by atoms with Gasteiger partial charge in [0, 0.05) is 38.3 Å². The molecule has 1 atom stereocenters. The van der Waals surface area contributed by atoms with E-state index in [2.05, 4.69) is 6.92 Å². The van der Waals surface area contributed by atoms with Crippen molar-refractivity contribution in [3.63, 3.8) is 0 Å². The van der Waals surface area contributed by atoms with Crippen LogP contribution in [-0.2, 0) is 24.3 Å². The van der Waals surface area contributed by atoms with E-state index in [0.29, 0.717) is 24.6 Å². The number of rotatable bonds is 6. The number of likely N-dealkylation sites (tertiary alicyclic amines) is 1. The maximum atomic E-state index is 13.1. The lowest BCUT2D eigenvalue weighted by Gasteiger charge is -2.33. The number of sulfonamides is 1. The van der Waals surface area contributed by atoms with Gasteiger partial charge in [-0.1, -0.05) is 13.0 Å². The van der Waals surface area contributed by atoms with Crippen LogP contribution < -0.4 is 0 Å². The van der Waals surface area contributed by atoms with E-state index in [1.54, 1.807) is 18.7 Å². The van der Waals surface area contributed by atoms with Crippen molar-refractivity contribution >= 4 is 27.6 Å². The number of nitro groups is 1. The zero-order valence-electron chi connectivity index (χ0n) is 19.2. The SMILES string of the molecule is Cc1ccc([N+](=O)[O-])cc1S(=O)(=O)N1CCC(C(=O)O[C@@H](C)C(=O)N2CCC(C)CC2)CC1. The predicted octanol–water partition coefficient (Wildman–Crippen LogP) is 2.49. The van der Waals surface area contributed by atoms with Crippen molar-refractivity contribution in [1.82, 2.24) is 9.21 Å². The summed E-state index contributed by atoms with van der Waals surface area (Å²) in [5.41, 5.74) is 0.126. The van der Waals surface area contributed by atoms with Crippen molar-refractivity contribution in [2.45, 2.75) is 57.5 Å². The van der Waals surface area contributed by atoms with Crippen molar-refractivity contribution in [2.75, 3.05) is 26.2 Å². The van der Waals surface area contributed by atoms with Gasteiger partial charge in [-0.05, 0) is 51.0 Å². The van der Waals surface area contributed by atoms with Gasteiger partial charge in [-0.2, -0.15) is 4.31 Å². The molecule has 10 nitrogen and oxygen atoms in total. The second-order valence-electron chi connectivity index (χ2n) is 8.97. The van der Waals surface area contributed by atoms with Gasteiger partial charge in [0.05, 0.1) is 15.7 Å². The van der Waals surface area contributed by atoms with E-state index in [0.717, 1.165) is 18.9 Å². The van der Waals surface area contributed by atoms with Crippen LogP contribution in [0.4, 0.5) is 5.69 Å². The lowest BCUT2D eigenvalue weighted by molar-refractivity contribution is -0.385. The number of non-ortho nitro benzene ring substituents is 1. The van der Waals surface area contributed by atoms with Gasteiger partial charge in [-0.3, -0.25) is 19.7 Å². The highest BCUT2D eigenvalue weighted by Crippen LogP contribution is 2.29. The van der Waals surface area contributed by atoms with Crippen molar-refractivity contribution in [3.8, 4) is 0 Å². The molecule has 1 amide bonds. The summed E-state index contributed by atoms with van der Waals surface area (Å²) in [6.07, 6.45) is 1.51. The molecule has 2 heterocycles. The van der Waals surface area contributed by atoms with Crippen LogP contribution in [0.25, 0.3) is 0 Å². The number of nitro benzene ring substituents is 1. The molecule has 1 aromatic carbocycles. The molecule has 2 aliphatic heterocycles. The van der Waals surface area contributed by atoms with E-state index in [1.165, 1.54) is 16.4 Å². The van der Waals surface area contributed by atoms with Gasteiger partial charge in [0.1, 0.15) is 0 Å². The maximum Gasteiger partial charge on any atom is 0.309 e. The molecule has 0 bridgehead atoms. The van der Waals surface area contributed by atoms with E-state index in [-0.39, 0.29) is 42.4 Å². The van der Waals surface area contributed by atoms with E-state index in [1.807, 2.05) is 0 Å². The maximum absolute atomic E-state index is 13.1. The molecule has 2 saturated heterocycles. The highest BCUT2D eigenvalue weighted by molar-refractivity contribution is 7.89. The Morgan fingerprint density at radius 3 is 2.30 bits per heavy atom. The Kier molecular flexibility index (Phi) is 7.73. The normalized spacial score (nSPS) is 19.8. The second-order valence-corrected chi connectivity index (χ2v) is 10.9. The van der Waals surface area contributed by atoms with Gasteiger partial charge >= 0.3 is 5.97 Å². The molecule has 0 aliphatic carbocycles. The topological polar surface area (TPSA) is 127 Å². The van der Waals surface area contributed by atoms with Crippen LogP contribution in [-0.4, -0.2) is 66.7 Å². The molecule has 0 saturated carbocycles.